The van der Waals surface area contributed by atoms with Gasteiger partial charge in [0.05, 0.1) is 24.0 Å². The van der Waals surface area contributed by atoms with Crippen molar-refractivity contribution >= 4 is 11.8 Å². The molecule has 0 radical (unpaired) electrons. The lowest BCUT2D eigenvalue weighted by Gasteiger charge is -2.28. The van der Waals surface area contributed by atoms with E-state index in [9.17, 15) is 9.59 Å². The average Bonchev–Trinajstić information content (AvgIpc) is 3.34. The summed E-state index contributed by atoms with van der Waals surface area (Å²) in [5, 5.41) is 14.4. The fraction of sp³-hybridized carbons (Fsp3) is 0.579. The number of fused-ring (bicyclic) bond motifs is 1. The van der Waals surface area contributed by atoms with Gasteiger partial charge in [-0.15, -0.1) is 0 Å². The van der Waals surface area contributed by atoms with E-state index in [1.54, 1.807) is 20.3 Å². The molecule has 1 fully saturated rings. The van der Waals surface area contributed by atoms with Crippen LogP contribution in [-0.2, 0) is 13.0 Å². The largest absolute Gasteiger partial charge is 0.343 e. The van der Waals surface area contributed by atoms with Crippen molar-refractivity contribution in [3.05, 3.63) is 34.4 Å². The second-order valence-corrected chi connectivity index (χ2v) is 7.74. The maximum Gasteiger partial charge on any atom is 0.274 e. The molecular formula is C19H26N6O2. The van der Waals surface area contributed by atoms with Crippen LogP contribution in [0.4, 0.5) is 0 Å². The molecule has 2 N–H and O–H groups in total. The lowest BCUT2D eigenvalue weighted by molar-refractivity contribution is 0.0725. The molecule has 144 valence electrons. The third-order valence-corrected chi connectivity index (χ3v) is 5.74. The molecule has 0 spiro atoms. The van der Waals surface area contributed by atoms with Gasteiger partial charge in [-0.3, -0.25) is 19.8 Å². The molecule has 0 saturated heterocycles. The van der Waals surface area contributed by atoms with Gasteiger partial charge in [0.1, 0.15) is 0 Å². The molecule has 8 heteroatoms. The Kier molecular flexibility index (Phi) is 4.72. The molecule has 2 amide bonds. The number of rotatable bonds is 3. The number of nitrogens with zero attached hydrogens (tertiary/aromatic N) is 4. The molecule has 2 aliphatic rings. The molecule has 1 aliphatic heterocycles. The molecule has 3 heterocycles. The summed E-state index contributed by atoms with van der Waals surface area (Å²) in [5.74, 6) is 0.229. The van der Waals surface area contributed by atoms with E-state index in [2.05, 4.69) is 20.4 Å². The van der Waals surface area contributed by atoms with Crippen LogP contribution in [0, 0.1) is 0 Å². The van der Waals surface area contributed by atoms with Gasteiger partial charge in [-0.05, 0) is 12.8 Å². The Balaban J connectivity index is 1.56. The Labute approximate surface area is 158 Å². The van der Waals surface area contributed by atoms with Crippen molar-refractivity contribution in [1.82, 2.24) is 30.2 Å². The van der Waals surface area contributed by atoms with Gasteiger partial charge in [0.2, 0.25) is 0 Å². The number of amides is 2. The highest BCUT2D eigenvalue weighted by Crippen LogP contribution is 2.34. The molecule has 0 bridgehead atoms. The van der Waals surface area contributed by atoms with Crippen LogP contribution in [0.25, 0.3) is 0 Å². The van der Waals surface area contributed by atoms with E-state index >= 15 is 0 Å². The molecule has 2 aromatic rings. The Morgan fingerprint density at radius 3 is 2.70 bits per heavy atom. The van der Waals surface area contributed by atoms with Crippen molar-refractivity contribution in [2.24, 2.45) is 0 Å². The molecule has 0 atom stereocenters. The van der Waals surface area contributed by atoms with Crippen molar-refractivity contribution in [2.75, 3.05) is 20.6 Å². The van der Waals surface area contributed by atoms with Gasteiger partial charge in [-0.2, -0.15) is 10.2 Å². The van der Waals surface area contributed by atoms with Gasteiger partial charge < -0.3 is 9.80 Å². The monoisotopic (exact) mass is 370 g/mol. The van der Waals surface area contributed by atoms with Crippen LogP contribution in [-0.4, -0.2) is 62.6 Å². The van der Waals surface area contributed by atoms with Crippen LogP contribution in [0.15, 0.2) is 6.20 Å². The van der Waals surface area contributed by atoms with Gasteiger partial charge in [-0.1, -0.05) is 19.3 Å². The minimum absolute atomic E-state index is 0.0144. The molecule has 4 rings (SSSR count). The Morgan fingerprint density at radius 2 is 1.96 bits per heavy atom. The minimum Gasteiger partial charge on any atom is -0.343 e. The van der Waals surface area contributed by atoms with E-state index in [0.717, 1.165) is 29.8 Å². The third-order valence-electron chi connectivity index (χ3n) is 5.74. The topological polar surface area (TPSA) is 98.0 Å². The van der Waals surface area contributed by atoms with Gasteiger partial charge in [0.15, 0.2) is 5.69 Å². The molecule has 2 aromatic heterocycles. The fourth-order valence-corrected chi connectivity index (χ4v) is 4.20. The first-order valence-electron chi connectivity index (χ1n) is 9.66. The standard InChI is InChI=1S/C19H26N6O2/c1-24(2)19(27)17-14-11-25(9-8-15(14)21-23-17)18(26)13-10-20-22-16(13)12-6-4-3-5-7-12/h10,12H,3-9,11H2,1-2H3,(H,20,22)(H,21,23). The predicted octanol–water partition coefficient (Wildman–Crippen LogP) is 2.08. The van der Waals surface area contributed by atoms with Crippen LogP contribution in [0.5, 0.6) is 0 Å². The zero-order valence-corrected chi connectivity index (χ0v) is 15.9. The highest BCUT2D eigenvalue weighted by Gasteiger charge is 2.31. The van der Waals surface area contributed by atoms with Gasteiger partial charge >= 0.3 is 0 Å². The zero-order chi connectivity index (χ0) is 19.0. The molecule has 8 nitrogen and oxygen atoms in total. The average molecular weight is 370 g/mol. The summed E-state index contributed by atoms with van der Waals surface area (Å²) in [6.45, 7) is 1.01. The van der Waals surface area contributed by atoms with Crippen molar-refractivity contribution in [3.63, 3.8) is 0 Å². The third kappa shape index (κ3) is 3.24. The summed E-state index contributed by atoms with van der Waals surface area (Å²) >= 11 is 0. The van der Waals surface area contributed by atoms with Crippen LogP contribution in [0.2, 0.25) is 0 Å². The Hall–Kier alpha value is -2.64. The zero-order valence-electron chi connectivity index (χ0n) is 15.9. The molecule has 27 heavy (non-hydrogen) atoms. The van der Waals surface area contributed by atoms with Crippen molar-refractivity contribution < 1.29 is 9.59 Å². The SMILES string of the molecule is CN(C)C(=O)c1n[nH]c2c1CN(C(=O)c1cn[nH]c1C1CCCCC1)CC2. The predicted molar refractivity (Wildman–Crippen MR) is 99.5 cm³/mol. The molecule has 1 aliphatic carbocycles. The van der Waals surface area contributed by atoms with E-state index in [1.807, 2.05) is 4.90 Å². The van der Waals surface area contributed by atoms with E-state index in [-0.39, 0.29) is 11.8 Å². The smallest absolute Gasteiger partial charge is 0.274 e. The number of carbonyl (C=O) groups excluding carboxylic acids is 2. The van der Waals surface area contributed by atoms with E-state index in [1.165, 1.54) is 24.2 Å². The lowest BCUT2D eigenvalue weighted by atomic mass is 9.85. The summed E-state index contributed by atoms with van der Waals surface area (Å²) in [6, 6.07) is 0. The Morgan fingerprint density at radius 1 is 1.19 bits per heavy atom. The molecule has 0 unspecified atom stereocenters. The maximum absolute atomic E-state index is 13.2. The molecular weight excluding hydrogens is 344 g/mol. The Bertz CT molecular complexity index is 846. The quantitative estimate of drug-likeness (QED) is 0.864. The van der Waals surface area contributed by atoms with Crippen LogP contribution in [0.1, 0.15) is 75.8 Å². The fourth-order valence-electron chi connectivity index (χ4n) is 4.20. The van der Waals surface area contributed by atoms with Crippen molar-refractivity contribution in [2.45, 2.75) is 51.0 Å². The minimum atomic E-state index is -0.145. The first-order valence-corrected chi connectivity index (χ1v) is 9.66. The van der Waals surface area contributed by atoms with Gasteiger partial charge in [0.25, 0.3) is 11.8 Å². The number of aromatic amines is 2. The van der Waals surface area contributed by atoms with E-state index < -0.39 is 0 Å². The number of hydrogen-bond acceptors (Lipinski definition) is 4. The summed E-state index contributed by atoms with van der Waals surface area (Å²) in [4.78, 5) is 28.9. The lowest BCUT2D eigenvalue weighted by Crippen LogP contribution is -2.37. The van der Waals surface area contributed by atoms with Crippen LogP contribution < -0.4 is 0 Å². The second-order valence-electron chi connectivity index (χ2n) is 7.74. The number of H-pyrrole nitrogens is 2. The normalized spacial score (nSPS) is 17.6. The summed E-state index contributed by atoms with van der Waals surface area (Å²) in [5.41, 5.74) is 3.84. The summed E-state index contributed by atoms with van der Waals surface area (Å²) in [7, 11) is 3.41. The number of aromatic nitrogens is 4. The van der Waals surface area contributed by atoms with Gasteiger partial charge in [0, 0.05) is 44.2 Å². The van der Waals surface area contributed by atoms with Gasteiger partial charge in [-0.25, -0.2) is 0 Å². The maximum atomic E-state index is 13.2. The number of hydrogen-bond donors (Lipinski definition) is 2. The van der Waals surface area contributed by atoms with Crippen LogP contribution in [0.3, 0.4) is 0 Å². The highest BCUT2D eigenvalue weighted by molar-refractivity contribution is 5.96. The first-order chi connectivity index (χ1) is 13.1. The van der Waals surface area contributed by atoms with Crippen molar-refractivity contribution in [1.29, 1.82) is 0 Å². The second kappa shape index (κ2) is 7.17. The van der Waals surface area contributed by atoms with E-state index in [4.69, 9.17) is 0 Å². The number of carbonyl (C=O) groups is 2. The number of nitrogens with one attached hydrogen (secondary N) is 2. The summed E-state index contributed by atoms with van der Waals surface area (Å²) in [6.07, 6.45) is 8.22. The van der Waals surface area contributed by atoms with Crippen LogP contribution >= 0.6 is 0 Å². The summed E-state index contributed by atoms with van der Waals surface area (Å²) < 4.78 is 0. The molecule has 1 saturated carbocycles. The first kappa shape index (κ1) is 17.8. The van der Waals surface area contributed by atoms with E-state index in [0.29, 0.717) is 36.7 Å². The van der Waals surface area contributed by atoms with Crippen molar-refractivity contribution in [3.8, 4) is 0 Å². The highest BCUT2D eigenvalue weighted by atomic mass is 16.2. The molecule has 0 aromatic carbocycles.